The maximum Gasteiger partial charge on any atom is 0.0472 e. The zero-order chi connectivity index (χ0) is 29.8. The largest absolute Gasteiger partial charge is 0.310 e. The maximum absolute atomic E-state index is 2.52. The molecule has 0 spiro atoms. The predicted octanol–water partition coefficient (Wildman–Crippen LogP) is 11.8. The van der Waals surface area contributed by atoms with E-state index in [2.05, 4.69) is 140 Å². The quantitative estimate of drug-likeness (QED) is 0.201. The molecule has 2 fully saturated rings. The molecular formula is C42H41NS. The van der Waals surface area contributed by atoms with Gasteiger partial charge in [-0.15, -0.1) is 0 Å². The zero-order valence-corrected chi connectivity index (χ0v) is 27.1. The Labute approximate surface area is 264 Å². The standard InChI is InChI=1S/C42H41NS/c1-42(2)38-11-7-5-9-33(38)34-21-19-31(25-39(34)42)43(30-17-15-28(16-18-30)37-24-27-13-14-29(37)23-27)32-20-22-36-35-10-6-8-12-40(35)44(3,4)41(36)26-32/h5-12,15-22,25-27,29,37H,13-14,23-24H2,1-4H3. The molecule has 2 saturated carbocycles. The van der Waals surface area contributed by atoms with Gasteiger partial charge in [-0.05, 0) is 131 Å². The molecule has 0 N–H and O–H groups in total. The molecule has 9 rings (SSSR count). The first-order valence-corrected chi connectivity index (χ1v) is 18.9. The van der Waals surface area contributed by atoms with E-state index in [1.165, 1.54) is 85.9 Å². The lowest BCUT2D eigenvalue weighted by Gasteiger charge is -2.32. The van der Waals surface area contributed by atoms with Crippen molar-refractivity contribution >= 4 is 27.1 Å². The van der Waals surface area contributed by atoms with Crippen molar-refractivity contribution in [3.63, 3.8) is 0 Å². The van der Waals surface area contributed by atoms with E-state index in [0.717, 1.165) is 17.8 Å². The Morgan fingerprint density at radius 3 is 1.98 bits per heavy atom. The lowest BCUT2D eigenvalue weighted by Crippen LogP contribution is -2.16. The van der Waals surface area contributed by atoms with Crippen LogP contribution in [0, 0.1) is 11.8 Å². The van der Waals surface area contributed by atoms with Gasteiger partial charge < -0.3 is 4.90 Å². The van der Waals surface area contributed by atoms with E-state index in [1.807, 2.05) is 0 Å². The van der Waals surface area contributed by atoms with Crippen LogP contribution >= 0.6 is 10.0 Å². The van der Waals surface area contributed by atoms with E-state index >= 15 is 0 Å². The summed E-state index contributed by atoms with van der Waals surface area (Å²) in [5, 5.41) is 0. The number of hydrogen-bond donors (Lipinski definition) is 0. The lowest BCUT2D eigenvalue weighted by atomic mass is 9.82. The average molecular weight is 592 g/mol. The van der Waals surface area contributed by atoms with Crippen molar-refractivity contribution in [2.24, 2.45) is 11.8 Å². The summed E-state index contributed by atoms with van der Waals surface area (Å²) in [7, 11) is -1.10. The summed E-state index contributed by atoms with van der Waals surface area (Å²) in [6.45, 7) is 4.77. The van der Waals surface area contributed by atoms with E-state index in [-0.39, 0.29) is 5.41 Å². The van der Waals surface area contributed by atoms with Gasteiger partial charge in [-0.2, -0.15) is 10.0 Å². The van der Waals surface area contributed by atoms with Crippen LogP contribution in [0.25, 0.3) is 22.3 Å². The van der Waals surface area contributed by atoms with Gasteiger partial charge in [-0.3, -0.25) is 0 Å². The topological polar surface area (TPSA) is 3.24 Å². The number of anilines is 3. The van der Waals surface area contributed by atoms with Gasteiger partial charge in [-0.1, -0.05) is 87.0 Å². The third-order valence-electron chi connectivity index (χ3n) is 11.6. The minimum Gasteiger partial charge on any atom is -0.310 e. The van der Waals surface area contributed by atoms with Gasteiger partial charge >= 0.3 is 0 Å². The normalized spacial score (nSPS) is 23.5. The van der Waals surface area contributed by atoms with Crippen molar-refractivity contribution in [1.82, 2.24) is 0 Å². The van der Waals surface area contributed by atoms with Crippen LogP contribution in [0.3, 0.4) is 0 Å². The number of rotatable bonds is 4. The van der Waals surface area contributed by atoms with Crippen LogP contribution in [0.4, 0.5) is 17.1 Å². The van der Waals surface area contributed by atoms with E-state index in [0.29, 0.717) is 0 Å². The summed E-state index contributed by atoms with van der Waals surface area (Å²) in [5.74, 6) is 2.60. The van der Waals surface area contributed by atoms with Crippen LogP contribution in [0.5, 0.6) is 0 Å². The number of hydrogen-bond acceptors (Lipinski definition) is 1. The van der Waals surface area contributed by atoms with Gasteiger partial charge in [0.1, 0.15) is 0 Å². The average Bonchev–Trinajstić information content (AvgIpc) is 3.79. The molecule has 3 atom stereocenters. The first kappa shape index (κ1) is 26.6. The monoisotopic (exact) mass is 591 g/mol. The second-order valence-corrected chi connectivity index (χ2v) is 18.1. The first-order valence-electron chi connectivity index (χ1n) is 16.4. The Kier molecular flexibility index (Phi) is 5.68. The summed E-state index contributed by atoms with van der Waals surface area (Å²) in [6, 6.07) is 42.1. The SMILES string of the molecule is CC1(C)c2ccccc2-c2ccc(N(c3ccc(C4CC5CCC4C5)cc3)c3ccc4c(c3)S(C)(C)c3ccccc3-4)cc21. The van der Waals surface area contributed by atoms with Gasteiger partial charge in [0.05, 0.1) is 0 Å². The van der Waals surface area contributed by atoms with Crippen LogP contribution in [0.15, 0.2) is 119 Å². The number of benzene rings is 5. The minimum atomic E-state index is -1.10. The molecular weight excluding hydrogens is 551 g/mol. The Balaban J connectivity index is 1.18. The first-order chi connectivity index (χ1) is 21.3. The molecule has 0 radical (unpaired) electrons. The molecule has 1 aliphatic heterocycles. The molecule has 0 saturated heterocycles. The number of fused-ring (bicyclic) bond motifs is 8. The van der Waals surface area contributed by atoms with Gasteiger partial charge in [0, 0.05) is 32.3 Å². The van der Waals surface area contributed by atoms with Gasteiger partial charge in [0.15, 0.2) is 0 Å². The van der Waals surface area contributed by atoms with Gasteiger partial charge in [-0.25, -0.2) is 0 Å². The molecule has 0 aromatic heterocycles. The minimum absolute atomic E-state index is 0.0367. The highest BCUT2D eigenvalue weighted by atomic mass is 32.3. The highest BCUT2D eigenvalue weighted by Crippen LogP contribution is 2.68. The maximum atomic E-state index is 2.52. The second kappa shape index (κ2) is 9.38. The number of nitrogens with zero attached hydrogens (tertiary/aromatic N) is 1. The van der Waals surface area contributed by atoms with Crippen molar-refractivity contribution in [3.05, 3.63) is 126 Å². The zero-order valence-electron chi connectivity index (χ0n) is 26.3. The smallest absolute Gasteiger partial charge is 0.0472 e. The highest BCUT2D eigenvalue weighted by molar-refractivity contribution is 8.33. The van der Waals surface area contributed by atoms with Crippen LogP contribution in [0.2, 0.25) is 0 Å². The molecule has 5 aromatic carbocycles. The van der Waals surface area contributed by atoms with Crippen molar-refractivity contribution < 1.29 is 0 Å². The fraction of sp³-hybridized carbons (Fsp3) is 0.286. The summed E-state index contributed by atoms with van der Waals surface area (Å²) in [6.07, 6.45) is 10.6. The van der Waals surface area contributed by atoms with Crippen molar-refractivity contribution in [1.29, 1.82) is 0 Å². The molecule has 2 heteroatoms. The molecule has 1 nitrogen and oxygen atoms in total. The van der Waals surface area contributed by atoms with Crippen LogP contribution in [0.1, 0.15) is 62.1 Å². The molecule has 3 aliphatic carbocycles. The highest BCUT2D eigenvalue weighted by Gasteiger charge is 2.40. The fourth-order valence-electron chi connectivity index (χ4n) is 9.35. The van der Waals surface area contributed by atoms with E-state index in [4.69, 9.17) is 0 Å². The Hall–Kier alpha value is -3.75. The molecule has 2 bridgehead atoms. The third kappa shape index (κ3) is 3.73. The Morgan fingerprint density at radius 1 is 0.591 bits per heavy atom. The van der Waals surface area contributed by atoms with Crippen molar-refractivity contribution in [3.8, 4) is 22.3 Å². The summed E-state index contributed by atoms with van der Waals surface area (Å²) < 4.78 is 0. The van der Waals surface area contributed by atoms with Crippen molar-refractivity contribution in [2.45, 2.75) is 60.7 Å². The van der Waals surface area contributed by atoms with Gasteiger partial charge in [0.25, 0.3) is 0 Å². The molecule has 44 heavy (non-hydrogen) atoms. The lowest BCUT2D eigenvalue weighted by molar-refractivity contribution is 0.420. The summed E-state index contributed by atoms with van der Waals surface area (Å²) >= 11 is 0. The molecule has 1 heterocycles. The van der Waals surface area contributed by atoms with E-state index < -0.39 is 10.0 Å². The van der Waals surface area contributed by atoms with Crippen molar-refractivity contribution in [2.75, 3.05) is 17.4 Å². The van der Waals surface area contributed by atoms with E-state index in [9.17, 15) is 0 Å². The predicted molar refractivity (Wildman–Crippen MR) is 188 cm³/mol. The van der Waals surface area contributed by atoms with Gasteiger partial charge in [0.2, 0.25) is 0 Å². The summed E-state index contributed by atoms with van der Waals surface area (Å²) in [5.41, 5.74) is 13.6. The molecule has 220 valence electrons. The molecule has 0 amide bonds. The van der Waals surface area contributed by atoms with Crippen LogP contribution in [-0.2, 0) is 5.41 Å². The van der Waals surface area contributed by atoms with E-state index in [1.54, 1.807) is 5.56 Å². The van der Waals surface area contributed by atoms with Crippen LogP contribution in [-0.4, -0.2) is 12.5 Å². The third-order valence-corrected chi connectivity index (χ3v) is 14.5. The molecule has 3 unspecified atom stereocenters. The Bertz CT molecular complexity index is 1840. The Morgan fingerprint density at radius 2 is 1.23 bits per heavy atom. The molecule has 4 aliphatic rings. The molecule has 5 aromatic rings. The summed E-state index contributed by atoms with van der Waals surface area (Å²) in [4.78, 5) is 5.52. The van der Waals surface area contributed by atoms with Crippen LogP contribution < -0.4 is 4.90 Å². The second-order valence-electron chi connectivity index (χ2n) is 14.6. The fourth-order valence-corrected chi connectivity index (χ4v) is 11.9.